The molecule has 1 saturated carbocycles. The molecule has 23 heavy (non-hydrogen) atoms. The molecule has 5 atom stereocenters. The summed E-state index contributed by atoms with van der Waals surface area (Å²) in [5.41, 5.74) is 1.13. The number of thioether (sulfide) groups is 1. The smallest absolute Gasteiger partial charge is 0.224 e. The first-order chi connectivity index (χ1) is 11.2. The van der Waals surface area contributed by atoms with Crippen LogP contribution in [0, 0.1) is 11.8 Å². The third-order valence-corrected chi connectivity index (χ3v) is 7.42. The second kappa shape index (κ2) is 6.10. The van der Waals surface area contributed by atoms with E-state index in [-0.39, 0.29) is 28.7 Å². The highest BCUT2D eigenvalue weighted by Gasteiger charge is 2.54. The minimum atomic E-state index is -0.378. The Kier molecular flexibility index (Phi) is 4.10. The molecule has 1 saturated heterocycles. The number of hydrogen-bond acceptors (Lipinski definition) is 4. The second-order valence-electron chi connectivity index (χ2n) is 7.06. The predicted octanol–water partition coefficient (Wildman–Crippen LogP) is 2.09. The van der Waals surface area contributed by atoms with Gasteiger partial charge in [-0.25, -0.2) is 0 Å². The van der Waals surface area contributed by atoms with Gasteiger partial charge in [-0.2, -0.15) is 0 Å². The van der Waals surface area contributed by atoms with Crippen molar-refractivity contribution in [3.63, 3.8) is 0 Å². The maximum atomic E-state index is 12.9. The summed E-state index contributed by atoms with van der Waals surface area (Å²) in [4.78, 5) is 17.6. The van der Waals surface area contributed by atoms with Gasteiger partial charge in [0, 0.05) is 12.3 Å². The zero-order chi connectivity index (χ0) is 15.9. The van der Waals surface area contributed by atoms with Crippen molar-refractivity contribution in [1.82, 2.24) is 5.32 Å². The van der Waals surface area contributed by atoms with Gasteiger partial charge in [0.25, 0.3) is 0 Å². The molecule has 0 aromatic heterocycles. The molecule has 2 fully saturated rings. The van der Waals surface area contributed by atoms with Crippen LogP contribution in [-0.4, -0.2) is 45.9 Å². The molecule has 0 aromatic rings. The molecular weight excluding hydrogens is 308 g/mol. The summed E-state index contributed by atoms with van der Waals surface area (Å²) in [6.45, 7) is 0.816. The fourth-order valence-electron chi connectivity index (χ4n) is 4.49. The van der Waals surface area contributed by atoms with Gasteiger partial charge in [-0.05, 0) is 31.3 Å². The molecule has 4 rings (SSSR count). The van der Waals surface area contributed by atoms with Crippen LogP contribution in [0.1, 0.15) is 32.1 Å². The topological polar surface area (TPSA) is 61.7 Å². The molecular formula is C18H24N2O2S. The van der Waals surface area contributed by atoms with E-state index in [1.165, 1.54) is 0 Å². The quantitative estimate of drug-likeness (QED) is 0.814. The van der Waals surface area contributed by atoms with Crippen molar-refractivity contribution >= 4 is 23.4 Å². The number of nitrogens with zero attached hydrogens (tertiary/aromatic N) is 1. The van der Waals surface area contributed by atoms with Gasteiger partial charge in [0.15, 0.2) is 0 Å². The zero-order valence-electron chi connectivity index (χ0n) is 13.3. The Morgan fingerprint density at radius 1 is 1.30 bits per heavy atom. The lowest BCUT2D eigenvalue weighted by molar-refractivity contribution is -0.127. The van der Waals surface area contributed by atoms with Crippen LogP contribution in [0.15, 0.2) is 29.3 Å². The summed E-state index contributed by atoms with van der Waals surface area (Å²) in [5, 5.41) is 13.3. The third-order valence-electron chi connectivity index (χ3n) is 5.76. The standard InChI is InChI=1S/C18H24N2O2S/c21-15-6-2-1-5-14(15)20-17(22)12-11-23-18-9-4-3-7-16(18)19-10-8-13(12)18/h3-4,7,9,12-15,21H,1-2,5-6,8,10-11H2,(H,20,22). The Bertz CT molecular complexity index is 586. The average molecular weight is 332 g/mol. The van der Waals surface area contributed by atoms with Crippen molar-refractivity contribution in [3.8, 4) is 0 Å². The fraction of sp³-hybridized carbons (Fsp3) is 0.667. The molecule has 5 unspecified atom stereocenters. The van der Waals surface area contributed by atoms with Crippen LogP contribution in [0.25, 0.3) is 0 Å². The van der Waals surface area contributed by atoms with Gasteiger partial charge < -0.3 is 10.4 Å². The lowest BCUT2D eigenvalue weighted by Crippen LogP contribution is -2.51. The molecule has 0 radical (unpaired) electrons. The van der Waals surface area contributed by atoms with Crippen LogP contribution in [0.3, 0.4) is 0 Å². The van der Waals surface area contributed by atoms with Gasteiger partial charge in [-0.3, -0.25) is 9.79 Å². The zero-order valence-corrected chi connectivity index (χ0v) is 14.1. The van der Waals surface area contributed by atoms with Crippen LogP contribution in [-0.2, 0) is 4.79 Å². The summed E-state index contributed by atoms with van der Waals surface area (Å²) in [5.74, 6) is 1.32. The molecule has 4 aliphatic rings. The number of aliphatic hydroxyl groups is 1. The van der Waals surface area contributed by atoms with Gasteiger partial charge in [-0.15, -0.1) is 11.8 Å². The van der Waals surface area contributed by atoms with E-state index in [2.05, 4.69) is 23.5 Å². The van der Waals surface area contributed by atoms with E-state index < -0.39 is 0 Å². The van der Waals surface area contributed by atoms with E-state index in [1.54, 1.807) is 0 Å². The number of nitrogens with one attached hydrogen (secondary N) is 1. The molecule has 5 heteroatoms. The summed E-state index contributed by atoms with van der Waals surface area (Å²) in [7, 11) is 0. The monoisotopic (exact) mass is 332 g/mol. The second-order valence-corrected chi connectivity index (χ2v) is 8.36. The molecule has 4 nitrogen and oxygen atoms in total. The minimum Gasteiger partial charge on any atom is -0.391 e. The van der Waals surface area contributed by atoms with Crippen molar-refractivity contribution in [2.75, 3.05) is 12.3 Å². The van der Waals surface area contributed by atoms with Crippen LogP contribution < -0.4 is 5.32 Å². The van der Waals surface area contributed by atoms with Crippen LogP contribution in [0.4, 0.5) is 0 Å². The third kappa shape index (κ3) is 2.58. The molecule has 0 aromatic carbocycles. The Labute approximate surface area is 141 Å². The first-order valence-electron chi connectivity index (χ1n) is 8.74. The van der Waals surface area contributed by atoms with Crippen molar-refractivity contribution in [2.24, 2.45) is 16.8 Å². The Morgan fingerprint density at radius 2 is 2.17 bits per heavy atom. The highest BCUT2D eigenvalue weighted by Crippen LogP contribution is 2.52. The molecule has 1 amide bonds. The largest absolute Gasteiger partial charge is 0.391 e. The van der Waals surface area contributed by atoms with E-state index in [0.717, 1.165) is 50.1 Å². The van der Waals surface area contributed by atoms with E-state index in [4.69, 9.17) is 4.99 Å². The first kappa shape index (κ1) is 15.5. The van der Waals surface area contributed by atoms with Crippen molar-refractivity contribution in [2.45, 2.75) is 49.0 Å². The number of aliphatic imine (C=N–C) groups is 1. The lowest BCUT2D eigenvalue weighted by atomic mass is 9.74. The number of carbonyl (C=O) groups is 1. The van der Waals surface area contributed by atoms with Crippen molar-refractivity contribution in [1.29, 1.82) is 0 Å². The summed E-state index contributed by atoms with van der Waals surface area (Å²) in [6, 6.07) is -0.0590. The number of aliphatic hydroxyl groups excluding tert-OH is 1. The SMILES string of the molecule is O=C(NC1CCCCC1O)C1CSC23C=CC=CC2=NCCC13. The lowest BCUT2D eigenvalue weighted by Gasteiger charge is -2.38. The molecule has 2 aliphatic heterocycles. The summed E-state index contributed by atoms with van der Waals surface area (Å²) in [6.07, 6.45) is 12.9. The fourth-order valence-corrected chi connectivity index (χ4v) is 6.28. The minimum absolute atomic E-state index is 0.0239. The van der Waals surface area contributed by atoms with Gasteiger partial charge in [-0.1, -0.05) is 31.1 Å². The molecule has 2 N–H and O–H groups in total. The maximum Gasteiger partial charge on any atom is 0.224 e. The Morgan fingerprint density at radius 3 is 3.04 bits per heavy atom. The average Bonchev–Trinajstić information content (AvgIpc) is 2.95. The number of allylic oxidation sites excluding steroid dienone is 3. The first-order valence-corrected chi connectivity index (χ1v) is 9.72. The van der Waals surface area contributed by atoms with E-state index in [1.807, 2.05) is 17.8 Å². The number of rotatable bonds is 2. The van der Waals surface area contributed by atoms with Gasteiger partial charge >= 0.3 is 0 Å². The number of carbonyl (C=O) groups excluding carboxylic acids is 1. The predicted molar refractivity (Wildman–Crippen MR) is 93.8 cm³/mol. The molecule has 124 valence electrons. The van der Waals surface area contributed by atoms with Gasteiger partial charge in [0.2, 0.25) is 5.91 Å². The molecule has 0 bridgehead atoms. The molecule has 1 spiro atoms. The van der Waals surface area contributed by atoms with E-state index in [0.29, 0.717) is 5.92 Å². The van der Waals surface area contributed by atoms with Crippen molar-refractivity contribution in [3.05, 3.63) is 24.3 Å². The summed E-state index contributed by atoms with van der Waals surface area (Å²) >= 11 is 1.86. The highest BCUT2D eigenvalue weighted by atomic mass is 32.2. The number of amides is 1. The normalized spacial score (nSPS) is 41.9. The Hall–Kier alpha value is -1.07. The van der Waals surface area contributed by atoms with E-state index in [9.17, 15) is 9.90 Å². The van der Waals surface area contributed by atoms with E-state index >= 15 is 0 Å². The maximum absolute atomic E-state index is 12.9. The van der Waals surface area contributed by atoms with Gasteiger partial charge in [0.1, 0.15) is 0 Å². The van der Waals surface area contributed by atoms with Crippen LogP contribution >= 0.6 is 11.8 Å². The summed E-state index contributed by atoms with van der Waals surface area (Å²) < 4.78 is -0.0970. The van der Waals surface area contributed by atoms with Gasteiger partial charge in [0.05, 0.1) is 28.5 Å². The van der Waals surface area contributed by atoms with Crippen LogP contribution in [0.2, 0.25) is 0 Å². The van der Waals surface area contributed by atoms with Crippen molar-refractivity contribution < 1.29 is 9.90 Å². The Balaban J connectivity index is 1.50. The highest BCUT2D eigenvalue weighted by molar-refractivity contribution is 8.02. The molecule has 2 heterocycles. The number of hydrogen-bond donors (Lipinski definition) is 2. The molecule has 2 aliphatic carbocycles. The van der Waals surface area contributed by atoms with Crippen LogP contribution in [0.5, 0.6) is 0 Å².